The molecule has 1 aromatic heterocycles. The molecular weight excluding hydrogens is 438 g/mol. The molecular formula is C25H29N3O6. The second kappa shape index (κ2) is 10.1. The molecule has 0 unspecified atom stereocenters. The zero-order valence-electron chi connectivity index (χ0n) is 19.8. The summed E-state index contributed by atoms with van der Waals surface area (Å²) < 4.78 is 23.7. The highest BCUT2D eigenvalue weighted by Crippen LogP contribution is 2.46. The van der Waals surface area contributed by atoms with Crippen LogP contribution in [0.3, 0.4) is 0 Å². The summed E-state index contributed by atoms with van der Waals surface area (Å²) in [6, 6.07) is 12.3. The lowest BCUT2D eigenvalue weighted by Gasteiger charge is -2.38. The molecule has 34 heavy (non-hydrogen) atoms. The molecule has 2 atom stereocenters. The van der Waals surface area contributed by atoms with Gasteiger partial charge in [-0.1, -0.05) is 24.3 Å². The Balaban J connectivity index is 2.00. The van der Waals surface area contributed by atoms with Crippen molar-refractivity contribution in [3.63, 3.8) is 0 Å². The molecule has 2 heterocycles. The number of hydrogen-bond donors (Lipinski definition) is 0. The van der Waals surface area contributed by atoms with Crippen molar-refractivity contribution in [2.45, 2.75) is 19.4 Å². The van der Waals surface area contributed by atoms with E-state index in [4.69, 9.17) is 23.9 Å². The molecule has 0 fully saturated rings. The van der Waals surface area contributed by atoms with Crippen LogP contribution in [0.1, 0.15) is 24.9 Å². The van der Waals surface area contributed by atoms with Gasteiger partial charge >= 0.3 is 5.97 Å². The number of carbonyl (C=O) groups is 2. The lowest BCUT2D eigenvalue weighted by Crippen LogP contribution is -2.50. The van der Waals surface area contributed by atoms with Crippen molar-refractivity contribution in [1.29, 1.82) is 0 Å². The Bertz CT molecular complexity index is 1190. The van der Waals surface area contributed by atoms with E-state index in [-0.39, 0.29) is 12.5 Å². The minimum atomic E-state index is -1.13. The van der Waals surface area contributed by atoms with Crippen molar-refractivity contribution < 1.29 is 28.5 Å². The number of fused-ring (bicyclic) bond motifs is 3. The Morgan fingerprint density at radius 3 is 2.56 bits per heavy atom. The largest absolute Gasteiger partial charge is 0.493 e. The molecule has 1 aliphatic rings. The first kappa shape index (κ1) is 23.6. The second-order valence-corrected chi connectivity index (χ2v) is 7.86. The minimum absolute atomic E-state index is 0.159. The molecule has 9 heteroatoms. The number of amides is 1. The van der Waals surface area contributed by atoms with Gasteiger partial charge in [0.05, 0.1) is 37.9 Å². The monoisotopic (exact) mass is 467 g/mol. The van der Waals surface area contributed by atoms with Crippen molar-refractivity contribution in [2.75, 3.05) is 46.0 Å². The Hall–Kier alpha value is -3.59. The second-order valence-electron chi connectivity index (χ2n) is 7.86. The molecule has 0 saturated heterocycles. The van der Waals surface area contributed by atoms with E-state index in [1.807, 2.05) is 41.0 Å². The fourth-order valence-electron chi connectivity index (χ4n) is 4.55. The van der Waals surface area contributed by atoms with Gasteiger partial charge in [0.1, 0.15) is 0 Å². The van der Waals surface area contributed by atoms with Crippen LogP contribution in [-0.4, -0.2) is 62.5 Å². The minimum Gasteiger partial charge on any atom is -0.493 e. The number of aromatic nitrogens is 2. The van der Waals surface area contributed by atoms with Crippen molar-refractivity contribution >= 4 is 28.9 Å². The van der Waals surface area contributed by atoms with Gasteiger partial charge in [0.15, 0.2) is 17.4 Å². The smallest absolute Gasteiger partial charge is 0.321 e. The molecule has 0 spiro atoms. The number of carbonyl (C=O) groups excluding carboxylic acids is 2. The van der Waals surface area contributed by atoms with Crippen molar-refractivity contribution in [1.82, 2.24) is 9.55 Å². The molecule has 0 radical (unpaired) electrons. The lowest BCUT2D eigenvalue weighted by molar-refractivity contribution is -0.153. The number of benzene rings is 2. The summed E-state index contributed by atoms with van der Waals surface area (Å²) >= 11 is 0. The van der Waals surface area contributed by atoms with Gasteiger partial charge in [0.2, 0.25) is 11.9 Å². The fraction of sp³-hybridized carbons (Fsp3) is 0.400. The first-order valence-electron chi connectivity index (χ1n) is 11.2. The maximum Gasteiger partial charge on any atom is 0.321 e. The van der Waals surface area contributed by atoms with Gasteiger partial charge < -0.3 is 23.5 Å². The average molecular weight is 468 g/mol. The number of ether oxygens (including phenoxy) is 4. The molecule has 0 saturated carbocycles. The number of methoxy groups -OCH3 is 3. The van der Waals surface area contributed by atoms with Crippen LogP contribution in [0.2, 0.25) is 0 Å². The highest BCUT2D eigenvalue weighted by atomic mass is 16.5. The number of esters is 1. The summed E-state index contributed by atoms with van der Waals surface area (Å²) in [7, 11) is 4.70. The number of para-hydroxylation sites is 3. The van der Waals surface area contributed by atoms with Gasteiger partial charge in [-0.15, -0.1) is 0 Å². The van der Waals surface area contributed by atoms with Gasteiger partial charge in [0, 0.05) is 25.8 Å². The van der Waals surface area contributed by atoms with Crippen LogP contribution in [0.25, 0.3) is 11.0 Å². The van der Waals surface area contributed by atoms with E-state index in [9.17, 15) is 9.59 Å². The van der Waals surface area contributed by atoms with Crippen LogP contribution < -0.4 is 14.4 Å². The molecule has 1 amide bonds. The molecule has 3 aromatic rings. The Labute approximate surface area is 198 Å². The number of anilines is 1. The van der Waals surface area contributed by atoms with Gasteiger partial charge in [-0.25, -0.2) is 4.98 Å². The summed E-state index contributed by atoms with van der Waals surface area (Å²) in [5.41, 5.74) is 2.15. The zero-order chi connectivity index (χ0) is 24.2. The third-order valence-electron chi connectivity index (χ3n) is 5.97. The van der Waals surface area contributed by atoms with Crippen molar-refractivity contribution in [3.05, 3.63) is 48.0 Å². The number of hydrogen-bond acceptors (Lipinski definition) is 7. The number of rotatable bonds is 9. The normalized spacial score (nSPS) is 17.5. The Morgan fingerprint density at radius 1 is 1.06 bits per heavy atom. The van der Waals surface area contributed by atoms with Crippen LogP contribution in [0.5, 0.6) is 11.5 Å². The third-order valence-corrected chi connectivity index (χ3v) is 5.97. The highest BCUT2D eigenvalue weighted by Gasteiger charge is 2.48. The van der Waals surface area contributed by atoms with E-state index in [0.717, 1.165) is 11.0 Å². The quantitative estimate of drug-likeness (QED) is 0.271. The third kappa shape index (κ3) is 3.96. The van der Waals surface area contributed by atoms with Crippen molar-refractivity contribution in [2.24, 2.45) is 5.92 Å². The molecule has 2 aromatic carbocycles. The average Bonchev–Trinajstić information content (AvgIpc) is 3.23. The van der Waals surface area contributed by atoms with Gasteiger partial charge in [0.25, 0.3) is 0 Å². The van der Waals surface area contributed by atoms with E-state index in [0.29, 0.717) is 42.6 Å². The molecule has 180 valence electrons. The van der Waals surface area contributed by atoms with Gasteiger partial charge in [-0.05, 0) is 31.5 Å². The number of imidazole rings is 1. The topological polar surface area (TPSA) is 92.1 Å². The van der Waals surface area contributed by atoms with Crippen LogP contribution in [0.15, 0.2) is 42.5 Å². The van der Waals surface area contributed by atoms with Gasteiger partial charge in [-0.2, -0.15) is 0 Å². The SMILES string of the molecule is CCOC(=O)[C@@H]1C(=O)N(CCCOC)c2nc3ccccc3n2[C@H]1c1cccc(OC)c1OC. The summed E-state index contributed by atoms with van der Waals surface area (Å²) in [6.07, 6.45) is 0.591. The zero-order valence-corrected chi connectivity index (χ0v) is 19.8. The Morgan fingerprint density at radius 2 is 1.85 bits per heavy atom. The van der Waals surface area contributed by atoms with Crippen LogP contribution >= 0.6 is 0 Å². The number of nitrogens with zero attached hydrogens (tertiary/aromatic N) is 3. The van der Waals surface area contributed by atoms with Gasteiger partial charge in [-0.3, -0.25) is 14.5 Å². The van der Waals surface area contributed by atoms with E-state index < -0.39 is 17.9 Å². The molecule has 0 bridgehead atoms. The van der Waals surface area contributed by atoms with E-state index >= 15 is 0 Å². The van der Waals surface area contributed by atoms with E-state index in [1.54, 1.807) is 32.1 Å². The van der Waals surface area contributed by atoms with Crippen molar-refractivity contribution in [3.8, 4) is 11.5 Å². The molecule has 1 aliphatic heterocycles. The predicted molar refractivity (Wildman–Crippen MR) is 126 cm³/mol. The first-order valence-corrected chi connectivity index (χ1v) is 11.2. The maximum absolute atomic E-state index is 13.9. The standard InChI is InChI=1S/C25H29N3O6/c1-5-34-24(30)20-21(16-10-8-13-19(32-3)22(16)33-4)28-18-12-7-6-11-17(18)26-25(28)27(23(20)29)14-9-15-31-2/h6-8,10-13,20-21H,5,9,14-15H2,1-4H3/t20-,21-/m0/s1. The lowest BCUT2D eigenvalue weighted by atomic mass is 9.88. The Kier molecular flexibility index (Phi) is 7.02. The molecule has 0 N–H and O–H groups in total. The summed E-state index contributed by atoms with van der Waals surface area (Å²) in [5.74, 6) is -0.668. The highest BCUT2D eigenvalue weighted by molar-refractivity contribution is 6.08. The first-order chi connectivity index (χ1) is 16.6. The molecule has 0 aliphatic carbocycles. The van der Waals surface area contributed by atoms with E-state index in [1.165, 1.54) is 7.11 Å². The summed E-state index contributed by atoms with van der Waals surface area (Å²) in [4.78, 5) is 33.5. The fourth-order valence-corrected chi connectivity index (χ4v) is 4.55. The van der Waals surface area contributed by atoms with Crippen LogP contribution in [0.4, 0.5) is 5.95 Å². The summed E-state index contributed by atoms with van der Waals surface area (Å²) in [6.45, 7) is 2.71. The molecule has 4 rings (SSSR count). The molecule has 9 nitrogen and oxygen atoms in total. The van der Waals surface area contributed by atoms with E-state index in [2.05, 4.69) is 0 Å². The van der Waals surface area contributed by atoms with Crippen LogP contribution in [0, 0.1) is 5.92 Å². The predicted octanol–water partition coefficient (Wildman–Crippen LogP) is 3.21. The van der Waals surface area contributed by atoms with Crippen LogP contribution in [-0.2, 0) is 19.1 Å². The summed E-state index contributed by atoms with van der Waals surface area (Å²) in [5, 5.41) is 0. The maximum atomic E-state index is 13.9.